The molecule has 2 aliphatic heterocycles. The summed E-state index contributed by atoms with van der Waals surface area (Å²) >= 11 is 0. The zero-order valence-corrected chi connectivity index (χ0v) is 14.2. The molecule has 2 bridgehead atoms. The summed E-state index contributed by atoms with van der Waals surface area (Å²) in [5, 5.41) is 5.88. The largest absolute Gasteiger partial charge is 0.370 e. The lowest BCUT2D eigenvalue weighted by Gasteiger charge is -2.32. The van der Waals surface area contributed by atoms with E-state index in [1.54, 1.807) is 4.90 Å². The Morgan fingerprint density at radius 3 is 2.71 bits per heavy atom. The van der Waals surface area contributed by atoms with Gasteiger partial charge in [-0.2, -0.15) is 0 Å². The molecular weight excluding hydrogens is 306 g/mol. The molecule has 6 nitrogen and oxygen atoms in total. The minimum atomic E-state index is -0.211. The number of nitrogens with zero attached hydrogens (tertiary/aromatic N) is 1. The van der Waals surface area contributed by atoms with Crippen molar-refractivity contribution in [3.05, 3.63) is 30.3 Å². The van der Waals surface area contributed by atoms with E-state index < -0.39 is 0 Å². The van der Waals surface area contributed by atoms with Gasteiger partial charge in [-0.05, 0) is 24.5 Å². The van der Waals surface area contributed by atoms with Gasteiger partial charge in [0.15, 0.2) is 0 Å². The smallest absolute Gasteiger partial charge is 0.322 e. The van der Waals surface area contributed by atoms with Crippen molar-refractivity contribution in [2.45, 2.75) is 32.5 Å². The Morgan fingerprint density at radius 2 is 2.00 bits per heavy atom. The highest BCUT2D eigenvalue weighted by Crippen LogP contribution is 2.32. The Morgan fingerprint density at radius 1 is 1.25 bits per heavy atom. The van der Waals surface area contributed by atoms with Crippen LogP contribution in [-0.2, 0) is 9.53 Å². The van der Waals surface area contributed by atoms with Crippen molar-refractivity contribution in [3.8, 4) is 0 Å². The lowest BCUT2D eigenvalue weighted by molar-refractivity contribution is -0.127. The number of carbonyl (C=O) groups is 2. The molecule has 130 valence electrons. The van der Waals surface area contributed by atoms with E-state index in [1.807, 2.05) is 30.3 Å². The van der Waals surface area contributed by atoms with Crippen molar-refractivity contribution >= 4 is 17.6 Å². The Kier molecular flexibility index (Phi) is 5.04. The molecule has 24 heavy (non-hydrogen) atoms. The maximum atomic E-state index is 12.4. The third-order valence-corrected chi connectivity index (χ3v) is 4.49. The van der Waals surface area contributed by atoms with Crippen molar-refractivity contribution in [2.24, 2.45) is 11.8 Å². The van der Waals surface area contributed by atoms with E-state index in [4.69, 9.17) is 4.74 Å². The van der Waals surface area contributed by atoms with Gasteiger partial charge >= 0.3 is 6.03 Å². The summed E-state index contributed by atoms with van der Waals surface area (Å²) < 4.78 is 5.89. The van der Waals surface area contributed by atoms with E-state index in [1.165, 1.54) is 0 Å². The molecule has 2 fully saturated rings. The summed E-state index contributed by atoms with van der Waals surface area (Å²) in [5.41, 5.74) is 0.771. The molecule has 0 saturated carbocycles. The maximum absolute atomic E-state index is 12.4. The molecule has 2 saturated heterocycles. The summed E-state index contributed by atoms with van der Waals surface area (Å²) in [7, 11) is 0. The van der Waals surface area contributed by atoms with Crippen LogP contribution in [0.4, 0.5) is 10.5 Å². The van der Waals surface area contributed by atoms with Gasteiger partial charge in [0.2, 0.25) is 5.91 Å². The number of rotatable bonds is 4. The highest BCUT2D eigenvalue weighted by molar-refractivity contribution is 5.89. The molecular formula is C18H25N3O3. The van der Waals surface area contributed by atoms with E-state index in [2.05, 4.69) is 24.5 Å². The average molecular weight is 331 g/mol. The molecule has 3 amide bonds. The van der Waals surface area contributed by atoms with Crippen LogP contribution in [0, 0.1) is 11.8 Å². The van der Waals surface area contributed by atoms with Crippen molar-refractivity contribution < 1.29 is 14.3 Å². The van der Waals surface area contributed by atoms with Gasteiger partial charge in [0.25, 0.3) is 0 Å². The normalized spacial score (nSPS) is 25.6. The van der Waals surface area contributed by atoms with Gasteiger partial charge in [-0.3, -0.25) is 4.79 Å². The lowest BCUT2D eigenvalue weighted by Crippen LogP contribution is -2.49. The Hall–Kier alpha value is -2.08. The van der Waals surface area contributed by atoms with E-state index in [9.17, 15) is 9.59 Å². The molecule has 3 atom stereocenters. The number of carbonyl (C=O) groups excluding carboxylic acids is 2. The molecule has 2 N–H and O–H groups in total. The number of hydrogen-bond donors (Lipinski definition) is 2. The number of ether oxygens (including phenoxy) is 1. The fourth-order valence-electron chi connectivity index (χ4n) is 3.26. The summed E-state index contributed by atoms with van der Waals surface area (Å²) in [6.45, 7) is 5.79. The number of para-hydroxylation sites is 1. The van der Waals surface area contributed by atoms with Gasteiger partial charge in [-0.15, -0.1) is 0 Å². The number of benzene rings is 1. The first-order valence-corrected chi connectivity index (χ1v) is 8.57. The van der Waals surface area contributed by atoms with Gasteiger partial charge in [0, 0.05) is 25.3 Å². The van der Waals surface area contributed by atoms with Crippen molar-refractivity contribution in [1.29, 1.82) is 0 Å². The standard InChI is InChI=1S/C18H25N3O3/c1-12(2)9-19-17(22)15-8-14-10-21(11-16(15)24-14)18(23)20-13-6-4-3-5-7-13/h3-7,12,14-16H,8-11H2,1-2H3,(H,19,22)(H,20,23)/t14-,15+,16-/m0/s1. The predicted octanol–water partition coefficient (Wildman–Crippen LogP) is 2.08. The first kappa shape index (κ1) is 16.8. The molecule has 0 aromatic heterocycles. The molecule has 0 unspecified atom stereocenters. The Bertz CT molecular complexity index is 590. The second-order valence-corrected chi connectivity index (χ2v) is 6.98. The first-order valence-electron chi connectivity index (χ1n) is 8.57. The zero-order valence-electron chi connectivity index (χ0n) is 14.2. The maximum Gasteiger partial charge on any atom is 0.322 e. The van der Waals surface area contributed by atoms with Crippen LogP contribution in [0.25, 0.3) is 0 Å². The number of morpholine rings is 1. The minimum absolute atomic E-state index is 0.0431. The van der Waals surface area contributed by atoms with Crippen LogP contribution in [0.15, 0.2) is 30.3 Å². The topological polar surface area (TPSA) is 70.7 Å². The van der Waals surface area contributed by atoms with Gasteiger partial charge in [0.05, 0.1) is 18.1 Å². The molecule has 0 spiro atoms. The second-order valence-electron chi connectivity index (χ2n) is 6.98. The summed E-state index contributed by atoms with van der Waals surface area (Å²) in [6.07, 6.45) is 0.418. The molecule has 0 radical (unpaired) electrons. The number of fused-ring (bicyclic) bond motifs is 2. The van der Waals surface area contributed by atoms with Crippen LogP contribution in [0.3, 0.4) is 0 Å². The molecule has 1 aromatic carbocycles. The minimum Gasteiger partial charge on any atom is -0.370 e. The van der Waals surface area contributed by atoms with Crippen LogP contribution in [-0.4, -0.2) is 48.7 Å². The highest BCUT2D eigenvalue weighted by Gasteiger charge is 2.45. The van der Waals surface area contributed by atoms with Crippen molar-refractivity contribution in [2.75, 3.05) is 25.0 Å². The van der Waals surface area contributed by atoms with Crippen LogP contribution < -0.4 is 10.6 Å². The summed E-state index contributed by atoms with van der Waals surface area (Å²) in [4.78, 5) is 26.5. The first-order chi connectivity index (χ1) is 11.5. The second kappa shape index (κ2) is 7.21. The number of anilines is 1. The quantitative estimate of drug-likeness (QED) is 0.887. The molecule has 6 heteroatoms. The van der Waals surface area contributed by atoms with Crippen molar-refractivity contribution in [1.82, 2.24) is 10.2 Å². The highest BCUT2D eigenvalue weighted by atomic mass is 16.5. The molecule has 1 aromatic rings. The van der Waals surface area contributed by atoms with Gasteiger partial charge in [-0.25, -0.2) is 4.79 Å². The zero-order chi connectivity index (χ0) is 17.1. The van der Waals surface area contributed by atoms with E-state index in [0.29, 0.717) is 32.0 Å². The van der Waals surface area contributed by atoms with E-state index in [0.717, 1.165) is 5.69 Å². The lowest BCUT2D eigenvalue weighted by atomic mass is 9.99. The fraction of sp³-hybridized carbons (Fsp3) is 0.556. The SMILES string of the molecule is CC(C)CNC(=O)[C@@H]1C[C@H]2CN(C(=O)Nc3ccccc3)C[C@@H]1O2. The number of likely N-dealkylation sites (tertiary alicyclic amines) is 1. The summed E-state index contributed by atoms with van der Waals surface area (Å²) in [6, 6.07) is 9.25. The van der Waals surface area contributed by atoms with Crippen LogP contribution in [0.2, 0.25) is 0 Å². The molecule has 2 heterocycles. The third kappa shape index (κ3) is 3.87. The number of hydrogen-bond acceptors (Lipinski definition) is 3. The molecule has 2 aliphatic rings. The molecule has 0 aliphatic carbocycles. The molecule has 3 rings (SSSR count). The van der Waals surface area contributed by atoms with E-state index in [-0.39, 0.29) is 30.1 Å². The average Bonchev–Trinajstić information content (AvgIpc) is 2.87. The van der Waals surface area contributed by atoms with Crippen molar-refractivity contribution in [3.63, 3.8) is 0 Å². The summed E-state index contributed by atoms with van der Waals surface area (Å²) in [5.74, 6) is 0.300. The van der Waals surface area contributed by atoms with Gasteiger partial charge in [0.1, 0.15) is 0 Å². The van der Waals surface area contributed by atoms with Crippen LogP contribution in [0.1, 0.15) is 20.3 Å². The van der Waals surface area contributed by atoms with Crippen LogP contribution >= 0.6 is 0 Å². The number of nitrogens with one attached hydrogen (secondary N) is 2. The third-order valence-electron chi connectivity index (χ3n) is 4.49. The number of urea groups is 1. The predicted molar refractivity (Wildman–Crippen MR) is 91.6 cm³/mol. The fourth-order valence-corrected chi connectivity index (χ4v) is 3.26. The van der Waals surface area contributed by atoms with Crippen LogP contribution in [0.5, 0.6) is 0 Å². The number of amides is 3. The van der Waals surface area contributed by atoms with E-state index >= 15 is 0 Å². The monoisotopic (exact) mass is 331 g/mol. The van der Waals surface area contributed by atoms with Gasteiger partial charge in [-0.1, -0.05) is 32.0 Å². The van der Waals surface area contributed by atoms with Gasteiger partial charge < -0.3 is 20.3 Å². The Balaban J connectivity index is 1.57. The Labute approximate surface area is 142 Å².